The number of pyridine rings is 1. The van der Waals surface area contributed by atoms with Crippen molar-refractivity contribution in [3.8, 4) is 11.3 Å². The fourth-order valence-electron chi connectivity index (χ4n) is 1.84. The van der Waals surface area contributed by atoms with E-state index >= 15 is 0 Å². The Balaban J connectivity index is 2.64. The van der Waals surface area contributed by atoms with E-state index in [-0.39, 0.29) is 17.2 Å². The molecule has 0 atom stereocenters. The minimum absolute atomic E-state index is 0.00283. The molecule has 2 rings (SSSR count). The molecule has 2 aromatic heterocycles. The molecule has 0 aromatic carbocycles. The number of alkyl halides is 3. The van der Waals surface area contributed by atoms with E-state index in [9.17, 15) is 13.2 Å². The number of hydrogen-bond donors (Lipinski definition) is 1. The van der Waals surface area contributed by atoms with Crippen molar-refractivity contribution in [3.05, 3.63) is 35.9 Å². The lowest BCUT2D eigenvalue weighted by molar-refractivity contribution is -0.137. The van der Waals surface area contributed by atoms with Gasteiger partial charge in [0.15, 0.2) is 0 Å². The number of nitrogens with one attached hydrogen (secondary N) is 1. The van der Waals surface area contributed by atoms with Crippen LogP contribution in [0.2, 0.25) is 0 Å². The lowest BCUT2D eigenvalue weighted by Gasteiger charge is -2.14. The summed E-state index contributed by atoms with van der Waals surface area (Å²) in [6, 6.07) is 2.43. The van der Waals surface area contributed by atoms with Gasteiger partial charge in [-0.15, -0.1) is 0 Å². The van der Waals surface area contributed by atoms with Crippen LogP contribution in [0.1, 0.15) is 31.2 Å². The first-order valence-corrected chi connectivity index (χ1v) is 6.41. The smallest absolute Gasteiger partial charge is 0.373 e. The third kappa shape index (κ3) is 3.29. The highest BCUT2D eigenvalue weighted by molar-refractivity contribution is 5.66. The van der Waals surface area contributed by atoms with Gasteiger partial charge in [-0.05, 0) is 6.07 Å². The minimum atomic E-state index is -4.46. The first-order chi connectivity index (χ1) is 9.82. The van der Waals surface area contributed by atoms with Crippen molar-refractivity contribution in [3.63, 3.8) is 0 Å². The van der Waals surface area contributed by atoms with E-state index < -0.39 is 11.7 Å². The van der Waals surface area contributed by atoms with Crippen molar-refractivity contribution >= 4 is 5.82 Å². The van der Waals surface area contributed by atoms with Crippen LogP contribution in [0.25, 0.3) is 11.3 Å². The molecule has 7 heteroatoms. The van der Waals surface area contributed by atoms with Crippen LogP contribution < -0.4 is 5.32 Å². The molecule has 0 fully saturated rings. The molecule has 0 unspecified atom stereocenters. The Labute approximate surface area is 120 Å². The van der Waals surface area contributed by atoms with Gasteiger partial charge in [0.2, 0.25) is 0 Å². The zero-order valence-corrected chi connectivity index (χ0v) is 11.9. The molecule has 0 spiro atoms. The van der Waals surface area contributed by atoms with Crippen LogP contribution in [-0.4, -0.2) is 22.0 Å². The van der Waals surface area contributed by atoms with Gasteiger partial charge in [-0.1, -0.05) is 13.8 Å². The molecule has 0 bridgehead atoms. The van der Waals surface area contributed by atoms with Crippen molar-refractivity contribution in [1.82, 2.24) is 15.0 Å². The van der Waals surface area contributed by atoms with Gasteiger partial charge in [0.05, 0.1) is 11.3 Å². The topological polar surface area (TPSA) is 50.7 Å². The van der Waals surface area contributed by atoms with E-state index in [4.69, 9.17) is 0 Å². The van der Waals surface area contributed by atoms with Gasteiger partial charge in [0.1, 0.15) is 11.6 Å². The van der Waals surface area contributed by atoms with Crippen LogP contribution in [0.5, 0.6) is 0 Å². The maximum atomic E-state index is 13.1. The fraction of sp³-hybridized carbons (Fsp3) is 0.357. The molecule has 4 nitrogen and oxygen atoms in total. The Morgan fingerprint density at radius 3 is 2.48 bits per heavy atom. The molecule has 0 radical (unpaired) electrons. The minimum Gasteiger partial charge on any atom is -0.373 e. The second kappa shape index (κ2) is 5.67. The zero-order valence-electron chi connectivity index (χ0n) is 11.9. The van der Waals surface area contributed by atoms with E-state index in [0.29, 0.717) is 11.6 Å². The van der Waals surface area contributed by atoms with Gasteiger partial charge in [0, 0.05) is 37.0 Å². The fourth-order valence-corrected chi connectivity index (χ4v) is 1.84. The van der Waals surface area contributed by atoms with Gasteiger partial charge < -0.3 is 5.32 Å². The molecule has 0 amide bonds. The molecule has 0 saturated carbocycles. The number of aromatic nitrogens is 3. The monoisotopic (exact) mass is 296 g/mol. The number of hydrogen-bond acceptors (Lipinski definition) is 4. The van der Waals surface area contributed by atoms with Crippen molar-refractivity contribution < 1.29 is 13.2 Å². The number of halogens is 3. The molecule has 2 heterocycles. The summed E-state index contributed by atoms with van der Waals surface area (Å²) in [6.07, 6.45) is -2.16. The lowest BCUT2D eigenvalue weighted by Crippen LogP contribution is -2.09. The first-order valence-electron chi connectivity index (χ1n) is 6.41. The van der Waals surface area contributed by atoms with Gasteiger partial charge in [-0.2, -0.15) is 13.2 Å². The Kier molecular flexibility index (Phi) is 4.11. The third-order valence-corrected chi connectivity index (χ3v) is 2.92. The van der Waals surface area contributed by atoms with Crippen LogP contribution in [0.4, 0.5) is 19.0 Å². The molecular weight excluding hydrogens is 281 g/mol. The van der Waals surface area contributed by atoms with Crippen LogP contribution in [-0.2, 0) is 6.18 Å². The van der Waals surface area contributed by atoms with Crippen molar-refractivity contribution in [2.24, 2.45) is 0 Å². The lowest BCUT2D eigenvalue weighted by atomic mass is 10.1. The average molecular weight is 296 g/mol. The van der Waals surface area contributed by atoms with Crippen molar-refractivity contribution in [2.75, 3.05) is 12.4 Å². The van der Waals surface area contributed by atoms with Crippen LogP contribution >= 0.6 is 0 Å². The zero-order chi connectivity index (χ0) is 15.6. The molecule has 21 heavy (non-hydrogen) atoms. The normalized spacial score (nSPS) is 11.8. The second-order valence-electron chi connectivity index (χ2n) is 4.82. The summed E-state index contributed by atoms with van der Waals surface area (Å²) < 4.78 is 39.3. The summed E-state index contributed by atoms with van der Waals surface area (Å²) in [5.74, 6) is 0.956. The SMILES string of the molecule is CNc1cc(-c2cnccc2C(F)(F)F)nc(C(C)C)n1. The number of anilines is 1. The van der Waals surface area contributed by atoms with E-state index in [1.807, 2.05) is 13.8 Å². The van der Waals surface area contributed by atoms with Crippen LogP contribution in [0.15, 0.2) is 24.5 Å². The Morgan fingerprint density at radius 1 is 1.19 bits per heavy atom. The van der Waals surface area contributed by atoms with Gasteiger partial charge in [0.25, 0.3) is 0 Å². The summed E-state index contributed by atoms with van der Waals surface area (Å²) in [5, 5.41) is 2.84. The average Bonchev–Trinajstić information content (AvgIpc) is 2.45. The molecule has 1 N–H and O–H groups in total. The van der Waals surface area contributed by atoms with Gasteiger partial charge in [-0.3, -0.25) is 4.98 Å². The quantitative estimate of drug-likeness (QED) is 0.937. The maximum Gasteiger partial charge on any atom is 0.417 e. The summed E-state index contributed by atoms with van der Waals surface area (Å²) in [4.78, 5) is 12.3. The van der Waals surface area contributed by atoms with Crippen molar-refractivity contribution in [2.45, 2.75) is 25.9 Å². The molecule has 0 aliphatic heterocycles. The molecule has 0 aliphatic carbocycles. The summed E-state index contributed by atoms with van der Waals surface area (Å²) >= 11 is 0. The predicted molar refractivity (Wildman–Crippen MR) is 73.9 cm³/mol. The van der Waals surface area contributed by atoms with Crippen LogP contribution in [0.3, 0.4) is 0 Å². The molecule has 0 aliphatic rings. The first kappa shape index (κ1) is 15.2. The van der Waals surface area contributed by atoms with E-state index in [2.05, 4.69) is 20.3 Å². The summed E-state index contributed by atoms with van der Waals surface area (Å²) in [6.45, 7) is 3.76. The van der Waals surface area contributed by atoms with E-state index in [1.165, 1.54) is 12.3 Å². The van der Waals surface area contributed by atoms with E-state index in [1.54, 1.807) is 7.05 Å². The summed E-state index contributed by atoms with van der Waals surface area (Å²) in [5.41, 5.74) is -0.600. The third-order valence-electron chi connectivity index (χ3n) is 2.92. The van der Waals surface area contributed by atoms with E-state index in [0.717, 1.165) is 12.3 Å². The molecule has 0 saturated heterocycles. The largest absolute Gasteiger partial charge is 0.417 e. The van der Waals surface area contributed by atoms with Crippen LogP contribution in [0, 0.1) is 0 Å². The Hall–Kier alpha value is -2.18. The van der Waals surface area contributed by atoms with Gasteiger partial charge in [-0.25, -0.2) is 9.97 Å². The summed E-state index contributed by atoms with van der Waals surface area (Å²) in [7, 11) is 1.66. The Morgan fingerprint density at radius 2 is 1.90 bits per heavy atom. The second-order valence-corrected chi connectivity index (χ2v) is 4.82. The highest BCUT2D eigenvalue weighted by Crippen LogP contribution is 2.36. The van der Waals surface area contributed by atoms with Gasteiger partial charge >= 0.3 is 6.18 Å². The Bertz CT molecular complexity index is 638. The standard InChI is InChI=1S/C14H15F3N4/c1-8(2)13-20-11(6-12(18-3)21-13)9-7-19-5-4-10(9)14(15,16)17/h4-8H,1-3H3,(H,18,20,21). The highest BCUT2D eigenvalue weighted by atomic mass is 19.4. The maximum absolute atomic E-state index is 13.1. The number of nitrogens with zero attached hydrogens (tertiary/aromatic N) is 3. The molecular formula is C14H15F3N4. The predicted octanol–water partition coefficient (Wildman–Crippen LogP) is 3.72. The van der Waals surface area contributed by atoms with Crippen molar-refractivity contribution in [1.29, 1.82) is 0 Å². The highest BCUT2D eigenvalue weighted by Gasteiger charge is 2.34. The molecule has 112 valence electrons. The number of rotatable bonds is 3. The molecule has 2 aromatic rings.